The van der Waals surface area contributed by atoms with Crippen LogP contribution in [-0.4, -0.2) is 55.1 Å². The molecule has 6 rings (SSSR count). The van der Waals surface area contributed by atoms with E-state index in [1.54, 1.807) is 18.3 Å². The van der Waals surface area contributed by atoms with Gasteiger partial charge in [-0.3, -0.25) is 9.78 Å². The van der Waals surface area contributed by atoms with Crippen LogP contribution in [-0.2, 0) is 17.8 Å². The molecule has 1 aromatic heterocycles. The van der Waals surface area contributed by atoms with Crippen molar-refractivity contribution in [1.82, 2.24) is 15.2 Å². The summed E-state index contributed by atoms with van der Waals surface area (Å²) in [5.74, 6) is 0.915. The molecule has 10 heteroatoms. The van der Waals surface area contributed by atoms with Crippen LogP contribution in [0.15, 0.2) is 72.4 Å². The molecule has 2 aliphatic heterocycles. The van der Waals surface area contributed by atoms with Crippen LogP contribution in [0.5, 0.6) is 11.5 Å². The third-order valence-corrected chi connectivity index (χ3v) is 9.21. The highest BCUT2D eigenvalue weighted by atomic mass is 35.5. The van der Waals surface area contributed by atoms with Gasteiger partial charge in [-0.1, -0.05) is 48.4 Å². The van der Waals surface area contributed by atoms with E-state index in [4.69, 9.17) is 21.1 Å². The van der Waals surface area contributed by atoms with Gasteiger partial charge < -0.3 is 30.3 Å². The Morgan fingerprint density at radius 1 is 1.08 bits per heavy atom. The van der Waals surface area contributed by atoms with Gasteiger partial charge in [0.05, 0.1) is 27.5 Å². The number of aromatic nitrogens is 1. The Morgan fingerprint density at radius 3 is 2.54 bits per heavy atom. The number of hydrogen-bond donors (Lipinski definition) is 3. The number of nitriles is 1. The highest BCUT2D eigenvalue weighted by Crippen LogP contribution is 2.38. The summed E-state index contributed by atoms with van der Waals surface area (Å²) in [7, 11) is 2.11. The maximum atomic E-state index is 13.3. The number of nitrogens with zero attached hydrogens (tertiary/aromatic N) is 3. The van der Waals surface area contributed by atoms with Gasteiger partial charge in [0.2, 0.25) is 5.91 Å². The molecule has 9 nitrogen and oxygen atoms in total. The Balaban J connectivity index is 1.29. The summed E-state index contributed by atoms with van der Waals surface area (Å²) >= 11 is 6.67. The molecule has 48 heavy (non-hydrogen) atoms. The van der Waals surface area contributed by atoms with Crippen molar-refractivity contribution in [2.75, 3.05) is 43.9 Å². The number of likely N-dealkylation sites (tertiary alicyclic amines) is 1. The summed E-state index contributed by atoms with van der Waals surface area (Å²) in [6, 6.07) is 19.7. The first-order chi connectivity index (χ1) is 23.4. The van der Waals surface area contributed by atoms with Crippen LogP contribution in [0.2, 0.25) is 5.02 Å². The predicted molar refractivity (Wildman–Crippen MR) is 191 cm³/mol. The number of aryl methyl sites for hydroxylation is 1. The van der Waals surface area contributed by atoms with Crippen LogP contribution < -0.4 is 25.4 Å². The number of carbonyl (C=O) groups excluding carboxylic acids is 1. The molecule has 2 aliphatic rings. The minimum absolute atomic E-state index is 0.0200. The smallest absolute Gasteiger partial charge is 0.248 e. The number of benzene rings is 3. The van der Waals surface area contributed by atoms with Gasteiger partial charge in [-0.05, 0) is 87.6 Å². The largest absolute Gasteiger partial charge is 0.488 e. The van der Waals surface area contributed by atoms with Gasteiger partial charge in [0, 0.05) is 42.5 Å². The molecular formula is C38H41ClN6O3. The van der Waals surface area contributed by atoms with Crippen molar-refractivity contribution in [2.45, 2.75) is 51.7 Å². The molecular weight excluding hydrogens is 624 g/mol. The number of hydrogen-bond acceptors (Lipinski definition) is 8. The van der Waals surface area contributed by atoms with Crippen LogP contribution in [0, 0.1) is 11.3 Å². The molecule has 3 N–H and O–H groups in total. The molecule has 0 spiro atoms. The quantitative estimate of drug-likeness (QED) is 0.151. The van der Waals surface area contributed by atoms with Gasteiger partial charge in [-0.2, -0.15) is 5.26 Å². The summed E-state index contributed by atoms with van der Waals surface area (Å²) in [5, 5.41) is 21.0. The lowest BCUT2D eigenvalue weighted by molar-refractivity contribution is -0.112. The number of ether oxygens (including phenoxy) is 2. The summed E-state index contributed by atoms with van der Waals surface area (Å²) in [6.45, 7) is 6.13. The SMILES string of the molecule is CCc1ccc(COc2ccc(Nc3c(C#N)cnc4cc(OC5CCN(C)CC5)c(NC(=O)C=C5CCNCC5)cc34)cc2Cl)cc1. The van der Waals surface area contributed by atoms with Gasteiger partial charge in [-0.15, -0.1) is 0 Å². The predicted octanol–water partition coefficient (Wildman–Crippen LogP) is 7.37. The zero-order valence-electron chi connectivity index (χ0n) is 27.4. The Morgan fingerprint density at radius 2 is 1.83 bits per heavy atom. The van der Waals surface area contributed by atoms with Gasteiger partial charge in [0.25, 0.3) is 0 Å². The molecule has 0 atom stereocenters. The lowest BCUT2D eigenvalue weighted by Gasteiger charge is -2.30. The minimum Gasteiger partial charge on any atom is -0.488 e. The monoisotopic (exact) mass is 664 g/mol. The number of piperidine rings is 2. The molecule has 2 saturated heterocycles. The molecule has 3 aromatic carbocycles. The number of rotatable bonds is 10. The summed E-state index contributed by atoms with van der Waals surface area (Å²) in [4.78, 5) is 20.2. The second kappa shape index (κ2) is 15.5. The third-order valence-electron chi connectivity index (χ3n) is 8.91. The number of anilines is 3. The van der Waals surface area contributed by atoms with E-state index < -0.39 is 0 Å². The summed E-state index contributed by atoms with van der Waals surface area (Å²) in [6.07, 6.45) is 7.70. The molecule has 0 saturated carbocycles. The highest BCUT2D eigenvalue weighted by molar-refractivity contribution is 6.32. The van der Waals surface area contributed by atoms with Crippen LogP contribution in [0.3, 0.4) is 0 Å². The average molecular weight is 665 g/mol. The number of fused-ring (bicyclic) bond motifs is 1. The number of carbonyl (C=O) groups is 1. The zero-order chi connectivity index (χ0) is 33.5. The first kappa shape index (κ1) is 33.3. The number of halogens is 1. The van der Waals surface area contributed by atoms with Gasteiger partial charge >= 0.3 is 0 Å². The number of amides is 1. The van der Waals surface area contributed by atoms with E-state index in [-0.39, 0.29) is 12.0 Å². The van der Waals surface area contributed by atoms with Crippen molar-refractivity contribution in [3.8, 4) is 17.6 Å². The first-order valence-corrected chi connectivity index (χ1v) is 17.0. The van der Waals surface area contributed by atoms with Crippen molar-refractivity contribution in [3.63, 3.8) is 0 Å². The lowest BCUT2D eigenvalue weighted by atomic mass is 10.0. The van der Waals surface area contributed by atoms with Crippen LogP contribution in [0.1, 0.15) is 49.3 Å². The highest BCUT2D eigenvalue weighted by Gasteiger charge is 2.22. The third kappa shape index (κ3) is 8.26. The molecule has 1 amide bonds. The van der Waals surface area contributed by atoms with E-state index in [0.717, 1.165) is 69.4 Å². The maximum Gasteiger partial charge on any atom is 0.248 e. The minimum atomic E-state index is -0.206. The molecule has 0 radical (unpaired) electrons. The number of nitrogens with one attached hydrogen (secondary N) is 3. The summed E-state index contributed by atoms with van der Waals surface area (Å²) < 4.78 is 12.5. The van der Waals surface area contributed by atoms with E-state index >= 15 is 0 Å². The lowest BCUT2D eigenvalue weighted by Crippen LogP contribution is -2.35. The normalized spacial score (nSPS) is 15.5. The fraction of sp³-hybridized carbons (Fsp3) is 0.342. The van der Waals surface area contributed by atoms with Crippen molar-refractivity contribution in [1.29, 1.82) is 5.26 Å². The fourth-order valence-corrected chi connectivity index (χ4v) is 6.27. The fourth-order valence-electron chi connectivity index (χ4n) is 6.04. The standard InChI is InChI=1S/C38H41ClN6O3/c1-3-25-4-6-27(7-5-25)24-47-35-9-8-29(19-32(35)39)43-38-28(22-40)23-42-33-21-36(48-30-12-16-45(2)17-13-30)34(20-31(33)38)44-37(46)18-26-10-14-41-15-11-26/h4-9,18-21,23,30,41H,3,10-17,24H2,1-2H3,(H,42,43)(H,44,46). The molecule has 0 bridgehead atoms. The molecule has 2 fully saturated rings. The van der Waals surface area contributed by atoms with Crippen molar-refractivity contribution < 1.29 is 14.3 Å². The van der Waals surface area contributed by atoms with E-state index in [1.807, 2.05) is 24.3 Å². The second-order valence-electron chi connectivity index (χ2n) is 12.4. The Hall–Kier alpha value is -4.62. The van der Waals surface area contributed by atoms with Gasteiger partial charge in [-0.25, -0.2) is 0 Å². The van der Waals surface area contributed by atoms with Crippen LogP contribution in [0.25, 0.3) is 10.9 Å². The molecule has 0 aliphatic carbocycles. The number of pyridine rings is 1. The summed E-state index contributed by atoms with van der Waals surface area (Å²) in [5.41, 5.74) is 6.20. The Kier molecular flexibility index (Phi) is 10.8. The Bertz CT molecular complexity index is 1840. The van der Waals surface area contributed by atoms with Crippen LogP contribution in [0.4, 0.5) is 17.1 Å². The van der Waals surface area contributed by atoms with E-state index in [1.165, 1.54) is 5.56 Å². The van der Waals surface area contributed by atoms with Crippen LogP contribution >= 0.6 is 11.6 Å². The molecule has 3 heterocycles. The average Bonchev–Trinajstić information content (AvgIpc) is 3.10. The maximum absolute atomic E-state index is 13.3. The van der Waals surface area contributed by atoms with Crippen molar-refractivity contribution in [2.24, 2.45) is 0 Å². The van der Waals surface area contributed by atoms with Crippen molar-refractivity contribution >= 4 is 45.5 Å². The Labute approximate surface area is 286 Å². The zero-order valence-corrected chi connectivity index (χ0v) is 28.2. The first-order valence-electron chi connectivity index (χ1n) is 16.6. The second-order valence-corrected chi connectivity index (χ2v) is 12.8. The van der Waals surface area contributed by atoms with Crippen molar-refractivity contribution in [3.05, 3.63) is 94.2 Å². The van der Waals surface area contributed by atoms with E-state index in [9.17, 15) is 10.1 Å². The van der Waals surface area contributed by atoms with Gasteiger partial charge in [0.15, 0.2) is 0 Å². The molecule has 4 aromatic rings. The van der Waals surface area contributed by atoms with Gasteiger partial charge in [0.1, 0.15) is 30.3 Å². The molecule has 248 valence electrons. The topological polar surface area (TPSA) is 112 Å². The molecule has 0 unspecified atom stereocenters. The van der Waals surface area contributed by atoms with E-state index in [2.05, 4.69) is 70.1 Å². The van der Waals surface area contributed by atoms with E-state index in [0.29, 0.717) is 56.7 Å².